The van der Waals surface area contributed by atoms with Crippen LogP contribution in [0, 0.1) is 0 Å². The van der Waals surface area contributed by atoms with Crippen LogP contribution in [-0.4, -0.2) is 25.7 Å². The first-order valence-electron chi connectivity index (χ1n) is 8.64. The number of halogens is 1. The van der Waals surface area contributed by atoms with Crippen LogP contribution < -0.4 is 15.4 Å². The fourth-order valence-electron chi connectivity index (χ4n) is 3.32. The van der Waals surface area contributed by atoms with Gasteiger partial charge in [0.25, 0.3) is 0 Å². The van der Waals surface area contributed by atoms with Crippen LogP contribution in [0.15, 0.2) is 48.5 Å². The monoisotopic (exact) mass is 344 g/mol. The van der Waals surface area contributed by atoms with E-state index in [2.05, 4.69) is 36.1 Å². The second-order valence-corrected chi connectivity index (χ2v) is 6.93. The summed E-state index contributed by atoms with van der Waals surface area (Å²) in [5.41, 5.74) is 8.79. The van der Waals surface area contributed by atoms with Gasteiger partial charge >= 0.3 is 0 Å². The lowest BCUT2D eigenvalue weighted by Gasteiger charge is -2.38. The molecule has 0 bridgehead atoms. The minimum atomic E-state index is 0.166. The lowest BCUT2D eigenvalue weighted by Crippen LogP contribution is -2.46. The van der Waals surface area contributed by atoms with Crippen molar-refractivity contribution in [2.24, 2.45) is 5.73 Å². The summed E-state index contributed by atoms with van der Waals surface area (Å²) >= 11 is 6.15. The number of piperidine rings is 1. The fourth-order valence-corrected chi connectivity index (χ4v) is 3.52. The van der Waals surface area contributed by atoms with Crippen LogP contribution in [0.5, 0.6) is 5.75 Å². The zero-order valence-corrected chi connectivity index (χ0v) is 14.9. The Morgan fingerprint density at radius 2 is 1.96 bits per heavy atom. The van der Waals surface area contributed by atoms with Gasteiger partial charge < -0.3 is 15.4 Å². The van der Waals surface area contributed by atoms with Crippen molar-refractivity contribution in [3.63, 3.8) is 0 Å². The topological polar surface area (TPSA) is 38.5 Å². The molecule has 2 aromatic carbocycles. The summed E-state index contributed by atoms with van der Waals surface area (Å²) < 4.78 is 5.66. The zero-order valence-electron chi connectivity index (χ0n) is 14.1. The molecule has 128 valence electrons. The van der Waals surface area contributed by atoms with Crippen molar-refractivity contribution in [2.75, 3.05) is 24.6 Å². The maximum Gasteiger partial charge on any atom is 0.119 e. The van der Waals surface area contributed by atoms with E-state index in [4.69, 9.17) is 22.1 Å². The Bertz CT molecular complexity index is 659. The maximum absolute atomic E-state index is 6.32. The van der Waals surface area contributed by atoms with E-state index in [1.807, 2.05) is 24.3 Å². The fraction of sp³-hybridized carbons (Fsp3) is 0.400. The Morgan fingerprint density at radius 1 is 1.17 bits per heavy atom. The Kier molecular flexibility index (Phi) is 5.64. The minimum absolute atomic E-state index is 0.166. The predicted molar refractivity (Wildman–Crippen MR) is 101 cm³/mol. The summed E-state index contributed by atoms with van der Waals surface area (Å²) in [6.45, 7) is 4.71. The molecule has 0 saturated carbocycles. The molecule has 4 heteroatoms. The van der Waals surface area contributed by atoms with Crippen LogP contribution in [0.25, 0.3) is 0 Å². The van der Waals surface area contributed by atoms with E-state index in [1.54, 1.807) is 0 Å². The molecule has 0 aromatic heterocycles. The Morgan fingerprint density at radius 3 is 2.67 bits per heavy atom. The summed E-state index contributed by atoms with van der Waals surface area (Å²) in [6.07, 6.45) is 2.01. The van der Waals surface area contributed by atoms with Gasteiger partial charge in [-0.1, -0.05) is 30.7 Å². The summed E-state index contributed by atoms with van der Waals surface area (Å²) in [4.78, 5) is 2.36. The van der Waals surface area contributed by atoms with Gasteiger partial charge in [-0.2, -0.15) is 0 Å². The first kappa shape index (κ1) is 17.1. The number of benzene rings is 2. The smallest absolute Gasteiger partial charge is 0.119 e. The molecule has 1 aliphatic heterocycles. The first-order valence-corrected chi connectivity index (χ1v) is 9.02. The number of hydrogen-bond donors (Lipinski definition) is 1. The lowest BCUT2D eigenvalue weighted by molar-refractivity contribution is 0.317. The standard InChI is InChI=1S/C20H25ClN2O/c1-2-10-24-20-8-6-19(7-9-20)23-13-16(12-18(22)14-23)15-4-3-5-17(21)11-15/h3-9,11,16,18H,2,10,12-14,22H2,1H3. The molecule has 2 unspecified atom stereocenters. The Labute approximate surface area is 149 Å². The summed E-state index contributed by atoms with van der Waals surface area (Å²) in [7, 11) is 0. The van der Waals surface area contributed by atoms with Gasteiger partial charge in [-0.3, -0.25) is 0 Å². The summed E-state index contributed by atoms with van der Waals surface area (Å²) in [5.74, 6) is 1.33. The van der Waals surface area contributed by atoms with Crippen molar-refractivity contribution in [1.82, 2.24) is 0 Å². The van der Waals surface area contributed by atoms with E-state index < -0.39 is 0 Å². The second-order valence-electron chi connectivity index (χ2n) is 6.50. The van der Waals surface area contributed by atoms with E-state index in [1.165, 1.54) is 11.3 Å². The molecule has 0 amide bonds. The Balaban J connectivity index is 1.73. The van der Waals surface area contributed by atoms with Crippen molar-refractivity contribution >= 4 is 17.3 Å². The molecular formula is C20H25ClN2O. The largest absolute Gasteiger partial charge is 0.494 e. The molecule has 2 aromatic rings. The molecule has 24 heavy (non-hydrogen) atoms. The third kappa shape index (κ3) is 4.22. The summed E-state index contributed by atoms with van der Waals surface area (Å²) in [5, 5.41) is 0.788. The molecule has 0 aliphatic carbocycles. The van der Waals surface area contributed by atoms with Crippen molar-refractivity contribution in [1.29, 1.82) is 0 Å². The van der Waals surface area contributed by atoms with Crippen LogP contribution in [0.4, 0.5) is 5.69 Å². The highest BCUT2D eigenvalue weighted by atomic mass is 35.5. The van der Waals surface area contributed by atoms with E-state index >= 15 is 0 Å². The molecule has 0 radical (unpaired) electrons. The molecule has 2 N–H and O–H groups in total. The van der Waals surface area contributed by atoms with Crippen LogP contribution in [0.3, 0.4) is 0 Å². The number of nitrogens with two attached hydrogens (primary N) is 1. The van der Waals surface area contributed by atoms with Gasteiger partial charge in [0.05, 0.1) is 6.61 Å². The van der Waals surface area contributed by atoms with Gasteiger partial charge in [0.1, 0.15) is 5.75 Å². The van der Waals surface area contributed by atoms with Crippen LogP contribution in [0.1, 0.15) is 31.2 Å². The number of ether oxygens (including phenoxy) is 1. The minimum Gasteiger partial charge on any atom is -0.494 e. The Hall–Kier alpha value is -1.71. The molecule has 1 aliphatic rings. The summed E-state index contributed by atoms with van der Waals surface area (Å²) in [6, 6.07) is 16.6. The van der Waals surface area contributed by atoms with E-state index in [-0.39, 0.29) is 6.04 Å². The van der Waals surface area contributed by atoms with E-state index in [0.717, 1.165) is 43.3 Å². The maximum atomic E-state index is 6.32. The first-order chi connectivity index (χ1) is 11.7. The SMILES string of the molecule is CCCOc1ccc(N2CC(N)CC(c3cccc(Cl)c3)C2)cc1. The van der Waals surface area contributed by atoms with Crippen LogP contribution >= 0.6 is 11.6 Å². The van der Waals surface area contributed by atoms with Crippen molar-refractivity contribution in [3.8, 4) is 5.75 Å². The van der Waals surface area contributed by atoms with Crippen molar-refractivity contribution < 1.29 is 4.74 Å². The highest BCUT2D eigenvalue weighted by Crippen LogP contribution is 2.31. The number of hydrogen-bond acceptors (Lipinski definition) is 3. The average molecular weight is 345 g/mol. The highest BCUT2D eigenvalue weighted by molar-refractivity contribution is 6.30. The van der Waals surface area contributed by atoms with Gasteiger partial charge in [0.2, 0.25) is 0 Å². The number of anilines is 1. The van der Waals surface area contributed by atoms with Gasteiger partial charge in [0, 0.05) is 35.8 Å². The normalized spacial score (nSPS) is 20.9. The molecule has 3 rings (SSSR count). The third-order valence-electron chi connectivity index (χ3n) is 4.48. The van der Waals surface area contributed by atoms with E-state index in [9.17, 15) is 0 Å². The molecule has 1 fully saturated rings. The van der Waals surface area contributed by atoms with Crippen molar-refractivity contribution in [2.45, 2.75) is 31.7 Å². The highest BCUT2D eigenvalue weighted by Gasteiger charge is 2.26. The molecule has 2 atom stereocenters. The number of rotatable bonds is 5. The average Bonchev–Trinajstić information content (AvgIpc) is 2.60. The quantitative estimate of drug-likeness (QED) is 0.870. The van der Waals surface area contributed by atoms with E-state index in [0.29, 0.717) is 5.92 Å². The van der Waals surface area contributed by atoms with Crippen LogP contribution in [0.2, 0.25) is 5.02 Å². The van der Waals surface area contributed by atoms with Gasteiger partial charge in [-0.15, -0.1) is 0 Å². The third-order valence-corrected chi connectivity index (χ3v) is 4.71. The van der Waals surface area contributed by atoms with Gasteiger partial charge in [-0.05, 0) is 54.8 Å². The van der Waals surface area contributed by atoms with Crippen LogP contribution in [-0.2, 0) is 0 Å². The van der Waals surface area contributed by atoms with Gasteiger partial charge in [-0.25, -0.2) is 0 Å². The molecule has 3 nitrogen and oxygen atoms in total. The molecule has 1 saturated heterocycles. The molecule has 1 heterocycles. The molecular weight excluding hydrogens is 320 g/mol. The van der Waals surface area contributed by atoms with Gasteiger partial charge in [0.15, 0.2) is 0 Å². The van der Waals surface area contributed by atoms with Crippen molar-refractivity contribution in [3.05, 3.63) is 59.1 Å². The zero-order chi connectivity index (χ0) is 16.9. The predicted octanol–water partition coefficient (Wildman–Crippen LogP) is 4.45. The number of nitrogens with zero attached hydrogens (tertiary/aromatic N) is 1. The second kappa shape index (κ2) is 7.91. The lowest BCUT2D eigenvalue weighted by atomic mass is 9.88. The molecule has 0 spiro atoms.